The zero-order chi connectivity index (χ0) is 21.3. The van der Waals surface area contributed by atoms with Crippen LogP contribution in [0.4, 0.5) is 0 Å². The second-order valence-electron chi connectivity index (χ2n) is 8.03. The van der Waals surface area contributed by atoms with Crippen molar-refractivity contribution in [2.45, 2.75) is 19.9 Å². The Morgan fingerprint density at radius 3 is 2.53 bits per heavy atom. The smallest absolute Gasteiger partial charge is 0.203 e. The summed E-state index contributed by atoms with van der Waals surface area (Å²) in [6.45, 7) is 2.38. The van der Waals surface area contributed by atoms with Crippen LogP contribution in [0.15, 0.2) is 60.7 Å². The van der Waals surface area contributed by atoms with Crippen molar-refractivity contribution in [3.05, 3.63) is 88.1 Å². The van der Waals surface area contributed by atoms with Crippen molar-refractivity contribution in [3.8, 4) is 0 Å². The van der Waals surface area contributed by atoms with Gasteiger partial charge in [0.15, 0.2) is 5.78 Å². The maximum Gasteiger partial charge on any atom is 0.203 e. The predicted molar refractivity (Wildman–Crippen MR) is 125 cm³/mol. The number of ketones is 1. The Bertz CT molecular complexity index is 1300. The molecule has 1 N–H and O–H groups in total. The third-order valence-corrected chi connectivity index (χ3v) is 5.84. The molecule has 5 heteroatoms. The maximum absolute atomic E-state index is 12.9. The summed E-state index contributed by atoms with van der Waals surface area (Å²) in [6.07, 6.45) is 7.35. The minimum Gasteiger partial charge on any atom is -0.313 e. The van der Waals surface area contributed by atoms with Crippen molar-refractivity contribution in [2.75, 3.05) is 0 Å². The first-order valence-electron chi connectivity index (χ1n) is 10.3. The van der Waals surface area contributed by atoms with Crippen LogP contribution < -0.4 is 21.8 Å². The molecule has 2 aromatic carbocycles. The van der Waals surface area contributed by atoms with E-state index in [1.807, 2.05) is 66.5 Å². The first-order valence-corrected chi connectivity index (χ1v) is 10.3. The highest BCUT2D eigenvalue weighted by molar-refractivity contribution is 6.32. The molecular formula is C25H26BN3O. The molecule has 150 valence electrons. The van der Waals surface area contributed by atoms with E-state index in [1.54, 1.807) is 0 Å². The van der Waals surface area contributed by atoms with Gasteiger partial charge in [0, 0.05) is 12.6 Å². The molecule has 4 rings (SSSR count). The van der Waals surface area contributed by atoms with Crippen LogP contribution in [0, 0.1) is 11.3 Å². The lowest BCUT2D eigenvalue weighted by Gasteiger charge is -2.15. The van der Waals surface area contributed by atoms with Gasteiger partial charge in [-0.3, -0.25) is 10.2 Å². The van der Waals surface area contributed by atoms with Crippen molar-refractivity contribution in [2.24, 2.45) is 13.0 Å². The minimum atomic E-state index is 0.0234. The summed E-state index contributed by atoms with van der Waals surface area (Å²) >= 11 is 0. The summed E-state index contributed by atoms with van der Waals surface area (Å²) < 4.78 is 3.73. The number of nitrogens with one attached hydrogen (secondary N) is 1. The molecule has 0 spiro atoms. The van der Waals surface area contributed by atoms with Crippen LogP contribution in [0.25, 0.3) is 17.7 Å². The van der Waals surface area contributed by atoms with Gasteiger partial charge in [0.25, 0.3) is 0 Å². The lowest BCUT2D eigenvalue weighted by Crippen LogP contribution is -2.39. The molecule has 0 unspecified atom stereocenters. The lowest BCUT2D eigenvalue weighted by atomic mass is 9.92. The highest BCUT2D eigenvalue weighted by atomic mass is 16.1. The zero-order valence-electron chi connectivity index (χ0n) is 17.7. The van der Waals surface area contributed by atoms with Gasteiger partial charge in [0.2, 0.25) is 5.62 Å². The monoisotopic (exact) mass is 395 g/mol. The largest absolute Gasteiger partial charge is 0.313 e. The Balaban J connectivity index is 1.79. The number of nitrogens with zero attached hydrogens (tertiary/aromatic N) is 2. The number of Topliss-reactive ketones (excluding diaryl/α,β-unsaturated/α-hetero) is 1. The number of benzene rings is 2. The van der Waals surface area contributed by atoms with Crippen LogP contribution in [0.5, 0.6) is 0 Å². The predicted octanol–water partition coefficient (Wildman–Crippen LogP) is 1.13. The van der Waals surface area contributed by atoms with E-state index in [0.717, 1.165) is 28.1 Å². The van der Waals surface area contributed by atoms with Gasteiger partial charge in [-0.1, -0.05) is 85.2 Å². The first kappa shape index (κ1) is 20.0. The second kappa shape index (κ2) is 8.19. The molecule has 0 fully saturated rings. The van der Waals surface area contributed by atoms with Gasteiger partial charge >= 0.3 is 0 Å². The summed E-state index contributed by atoms with van der Waals surface area (Å²) in [6, 6.07) is 17.9. The van der Waals surface area contributed by atoms with Gasteiger partial charge in [-0.15, -0.1) is 0 Å². The maximum atomic E-state index is 12.9. The molecule has 0 saturated heterocycles. The molecule has 0 bridgehead atoms. The molecular weight excluding hydrogens is 369 g/mol. The molecule has 1 aliphatic carbocycles. The van der Waals surface area contributed by atoms with Crippen LogP contribution in [-0.2, 0) is 13.6 Å². The highest BCUT2D eigenvalue weighted by Crippen LogP contribution is 2.19. The Labute approximate surface area is 177 Å². The normalized spacial score (nSPS) is 15.8. The fourth-order valence-electron chi connectivity index (χ4n) is 4.03. The SMILES string of the molecule is Bc1ccc(C(=O)Cn2c3c(n(C)c2=N)=C(/C=C/c2ccccc2)[C@H](C)CC=3)cc1. The molecule has 4 nitrogen and oxygen atoms in total. The molecule has 1 aromatic heterocycles. The van der Waals surface area contributed by atoms with E-state index in [0.29, 0.717) is 17.1 Å². The molecule has 0 radical (unpaired) electrons. The molecule has 1 heterocycles. The highest BCUT2D eigenvalue weighted by Gasteiger charge is 2.18. The summed E-state index contributed by atoms with van der Waals surface area (Å²) in [5.41, 5.74) is 4.51. The Morgan fingerprint density at radius 1 is 1.13 bits per heavy atom. The molecule has 0 saturated carbocycles. The third kappa shape index (κ3) is 3.75. The quantitative estimate of drug-likeness (QED) is 0.511. The van der Waals surface area contributed by atoms with Gasteiger partial charge < -0.3 is 9.13 Å². The molecule has 0 amide bonds. The van der Waals surface area contributed by atoms with Crippen LogP contribution >= 0.6 is 0 Å². The van der Waals surface area contributed by atoms with Crippen LogP contribution in [0.2, 0.25) is 0 Å². The molecule has 3 aromatic rings. The molecule has 1 atom stereocenters. The number of hydrogen-bond acceptors (Lipinski definition) is 2. The number of aromatic nitrogens is 2. The van der Waals surface area contributed by atoms with E-state index in [4.69, 9.17) is 5.41 Å². The lowest BCUT2D eigenvalue weighted by molar-refractivity contribution is 0.0969. The van der Waals surface area contributed by atoms with Gasteiger partial charge in [-0.2, -0.15) is 0 Å². The van der Waals surface area contributed by atoms with Gasteiger partial charge in [0.05, 0.1) is 17.2 Å². The zero-order valence-corrected chi connectivity index (χ0v) is 17.7. The Kier molecular flexibility index (Phi) is 5.45. The van der Waals surface area contributed by atoms with Crippen LogP contribution in [-0.4, -0.2) is 22.8 Å². The van der Waals surface area contributed by atoms with Gasteiger partial charge in [-0.05, 0) is 23.5 Å². The summed E-state index contributed by atoms with van der Waals surface area (Å²) in [4.78, 5) is 12.9. The second-order valence-corrected chi connectivity index (χ2v) is 8.03. The van der Waals surface area contributed by atoms with Crippen molar-refractivity contribution in [1.29, 1.82) is 5.41 Å². The van der Waals surface area contributed by atoms with Gasteiger partial charge in [-0.25, -0.2) is 0 Å². The summed E-state index contributed by atoms with van der Waals surface area (Å²) in [5.74, 6) is 0.377. The number of carbonyl (C=O) groups is 1. The fraction of sp³-hybridized carbons (Fsp3) is 0.200. The first-order chi connectivity index (χ1) is 14.5. The molecule has 30 heavy (non-hydrogen) atoms. The van der Waals surface area contributed by atoms with Crippen molar-refractivity contribution in [3.63, 3.8) is 0 Å². The molecule has 0 aliphatic heterocycles. The Hall–Kier alpha value is -3.34. The number of rotatable bonds is 5. The van der Waals surface area contributed by atoms with E-state index in [-0.39, 0.29) is 12.3 Å². The van der Waals surface area contributed by atoms with E-state index < -0.39 is 0 Å². The number of imidazole rings is 1. The average Bonchev–Trinajstić information content (AvgIpc) is 2.99. The standard InChI is InChI=1S/C25H26BN3O/c1-17-8-15-22-24(21(17)14-9-18-6-4-3-5-7-18)28(2)25(27)29(22)16-23(30)19-10-12-20(26)13-11-19/h3-7,9-15,17,27H,8,16,26H2,1-2H3/b14-9+,27-25?/t17-/m1/s1. The number of hydrogen-bond donors (Lipinski definition) is 1. The third-order valence-electron chi connectivity index (χ3n) is 5.84. The van der Waals surface area contributed by atoms with Crippen molar-refractivity contribution < 1.29 is 4.79 Å². The van der Waals surface area contributed by atoms with E-state index in [2.05, 4.69) is 37.3 Å². The molecule has 1 aliphatic rings. The number of carbonyl (C=O) groups excluding carboxylic acids is 1. The van der Waals surface area contributed by atoms with Crippen LogP contribution in [0.3, 0.4) is 0 Å². The number of allylic oxidation sites excluding steroid dienone is 1. The van der Waals surface area contributed by atoms with Crippen molar-refractivity contribution >= 4 is 36.8 Å². The average molecular weight is 395 g/mol. The van der Waals surface area contributed by atoms with Gasteiger partial charge in [0.1, 0.15) is 7.85 Å². The van der Waals surface area contributed by atoms with Crippen molar-refractivity contribution in [1.82, 2.24) is 9.13 Å². The Morgan fingerprint density at radius 2 is 1.83 bits per heavy atom. The topological polar surface area (TPSA) is 50.8 Å². The fourth-order valence-corrected chi connectivity index (χ4v) is 4.03. The van der Waals surface area contributed by atoms with E-state index in [9.17, 15) is 4.79 Å². The van der Waals surface area contributed by atoms with E-state index >= 15 is 0 Å². The van der Waals surface area contributed by atoms with E-state index in [1.165, 1.54) is 5.57 Å². The minimum absolute atomic E-state index is 0.0234. The number of fused-ring (bicyclic) bond motifs is 1. The summed E-state index contributed by atoms with van der Waals surface area (Å²) in [7, 11) is 3.92. The van der Waals surface area contributed by atoms with Crippen LogP contribution in [0.1, 0.15) is 29.3 Å². The summed E-state index contributed by atoms with van der Waals surface area (Å²) in [5, 5.41) is 10.6.